The first-order chi connectivity index (χ1) is 13.8. The van der Waals surface area contributed by atoms with E-state index in [1.165, 1.54) is 30.4 Å². The van der Waals surface area contributed by atoms with Gasteiger partial charge in [-0.1, -0.05) is 18.2 Å². The molecule has 0 saturated heterocycles. The van der Waals surface area contributed by atoms with E-state index >= 15 is 0 Å². The number of aromatic nitrogens is 2. The fourth-order valence-corrected chi connectivity index (χ4v) is 2.87. The van der Waals surface area contributed by atoms with Crippen LogP contribution in [0.2, 0.25) is 0 Å². The van der Waals surface area contributed by atoms with E-state index in [1.54, 1.807) is 4.57 Å². The summed E-state index contributed by atoms with van der Waals surface area (Å²) in [6.07, 6.45) is -0.359. The minimum Gasteiger partial charge on any atom is -0.341 e. The van der Waals surface area contributed by atoms with Crippen LogP contribution < -0.4 is 0 Å². The molecule has 0 unspecified atom stereocenters. The Morgan fingerprint density at radius 2 is 2.00 bits per heavy atom. The van der Waals surface area contributed by atoms with Gasteiger partial charge < -0.3 is 4.90 Å². The lowest BCUT2D eigenvalue weighted by Crippen LogP contribution is -2.25. The van der Waals surface area contributed by atoms with Gasteiger partial charge in [0.2, 0.25) is 5.91 Å². The number of hydrogen-bond acceptors (Lipinski definition) is 3. The van der Waals surface area contributed by atoms with Gasteiger partial charge in [0, 0.05) is 30.9 Å². The highest BCUT2D eigenvalue weighted by molar-refractivity contribution is 5.95. The van der Waals surface area contributed by atoms with Crippen LogP contribution in [0.15, 0.2) is 54.9 Å². The van der Waals surface area contributed by atoms with Gasteiger partial charge in [-0.3, -0.25) is 9.36 Å². The highest BCUT2D eigenvalue weighted by atomic mass is 19.4. The highest BCUT2D eigenvalue weighted by Crippen LogP contribution is 2.34. The van der Waals surface area contributed by atoms with Crippen LogP contribution in [0.5, 0.6) is 0 Å². The maximum atomic E-state index is 13.3. The predicted molar refractivity (Wildman–Crippen MR) is 103 cm³/mol. The molecule has 0 aliphatic rings. The first kappa shape index (κ1) is 20.1. The lowest BCUT2D eigenvalue weighted by molar-refractivity contribution is -0.137. The van der Waals surface area contributed by atoms with Crippen LogP contribution >= 0.6 is 0 Å². The molecule has 0 atom stereocenters. The molecule has 0 aliphatic heterocycles. The molecular weight excluding hydrogens is 381 g/mol. The van der Waals surface area contributed by atoms with Crippen LogP contribution in [0, 0.1) is 11.3 Å². The van der Waals surface area contributed by atoms with Crippen molar-refractivity contribution in [1.29, 1.82) is 5.26 Å². The van der Waals surface area contributed by atoms with Crippen molar-refractivity contribution < 1.29 is 18.0 Å². The second-order valence-corrected chi connectivity index (χ2v) is 6.38. The fraction of sp³-hybridized carbons (Fsp3) is 0.190. The Kier molecular flexibility index (Phi) is 5.69. The van der Waals surface area contributed by atoms with Gasteiger partial charge in [-0.2, -0.15) is 18.4 Å². The van der Waals surface area contributed by atoms with Crippen LogP contribution in [-0.2, 0) is 11.0 Å². The third kappa shape index (κ3) is 4.46. The number of alkyl halides is 3. The Morgan fingerprint density at radius 3 is 2.66 bits per heavy atom. The minimum atomic E-state index is -4.54. The minimum absolute atomic E-state index is 0.171. The molecule has 0 spiro atoms. The maximum absolute atomic E-state index is 13.3. The summed E-state index contributed by atoms with van der Waals surface area (Å²) in [6, 6.07) is 13.0. The predicted octanol–water partition coefficient (Wildman–Crippen LogP) is 4.43. The summed E-state index contributed by atoms with van der Waals surface area (Å²) in [5.41, 5.74) is 0.759. The van der Waals surface area contributed by atoms with Gasteiger partial charge in [-0.15, -0.1) is 0 Å². The molecule has 148 valence electrons. The van der Waals surface area contributed by atoms with Gasteiger partial charge in [0.15, 0.2) is 0 Å². The number of amides is 1. The Hall–Kier alpha value is -3.60. The first-order valence-corrected chi connectivity index (χ1v) is 8.75. The van der Waals surface area contributed by atoms with E-state index < -0.39 is 17.6 Å². The Balaban J connectivity index is 2.10. The second kappa shape index (κ2) is 8.19. The molecule has 0 N–H and O–H groups in total. The van der Waals surface area contributed by atoms with Gasteiger partial charge in [0.1, 0.15) is 6.33 Å². The number of hydrogen-bond donors (Lipinski definition) is 0. The standard InChI is InChI=1S/C21H17F3N4O/c1-27(11-5-10-25)19(29)9-8-15-12-16(21(22,23)24)13-18-20(15)28(14-26-18)17-6-3-2-4-7-17/h2-4,6-9,12-14H,5,11H2,1H3/b9-8-. The Labute approximate surface area is 165 Å². The van der Waals surface area contributed by atoms with Crippen molar-refractivity contribution in [2.75, 3.05) is 13.6 Å². The van der Waals surface area contributed by atoms with E-state index in [-0.39, 0.29) is 24.0 Å². The first-order valence-electron chi connectivity index (χ1n) is 8.75. The average molecular weight is 398 g/mol. The van der Waals surface area contributed by atoms with Crippen molar-refractivity contribution in [1.82, 2.24) is 14.5 Å². The monoisotopic (exact) mass is 398 g/mol. The Morgan fingerprint density at radius 1 is 1.28 bits per heavy atom. The lowest BCUT2D eigenvalue weighted by atomic mass is 10.1. The number of likely N-dealkylation sites (N-methyl/N-ethyl adjacent to an activating group) is 1. The summed E-state index contributed by atoms with van der Waals surface area (Å²) < 4.78 is 41.7. The highest BCUT2D eigenvalue weighted by Gasteiger charge is 2.32. The third-order valence-electron chi connectivity index (χ3n) is 4.37. The molecule has 29 heavy (non-hydrogen) atoms. The molecule has 8 heteroatoms. The molecule has 2 aromatic carbocycles. The molecule has 0 saturated carbocycles. The molecule has 0 bridgehead atoms. The number of rotatable bonds is 5. The maximum Gasteiger partial charge on any atom is 0.416 e. The van der Waals surface area contributed by atoms with Gasteiger partial charge >= 0.3 is 6.18 Å². The summed E-state index contributed by atoms with van der Waals surface area (Å²) >= 11 is 0. The van der Waals surface area contributed by atoms with Crippen molar-refractivity contribution in [3.8, 4) is 11.8 Å². The molecule has 0 aliphatic carbocycles. The smallest absolute Gasteiger partial charge is 0.341 e. The van der Waals surface area contributed by atoms with Crippen molar-refractivity contribution >= 4 is 23.0 Å². The van der Waals surface area contributed by atoms with Crippen LogP contribution in [0.1, 0.15) is 17.5 Å². The molecule has 1 heterocycles. The van der Waals surface area contributed by atoms with Crippen molar-refractivity contribution in [2.45, 2.75) is 12.6 Å². The number of imidazole rings is 1. The zero-order valence-corrected chi connectivity index (χ0v) is 15.5. The molecule has 5 nitrogen and oxygen atoms in total. The molecular formula is C21H17F3N4O. The number of halogens is 3. The van der Waals surface area contributed by atoms with Gasteiger partial charge in [-0.05, 0) is 30.3 Å². The summed E-state index contributed by atoms with van der Waals surface area (Å²) in [6.45, 7) is 0.236. The number of nitriles is 1. The van der Waals surface area contributed by atoms with Gasteiger partial charge in [-0.25, -0.2) is 4.98 Å². The van der Waals surface area contributed by atoms with Crippen LogP contribution in [0.25, 0.3) is 22.8 Å². The molecule has 3 rings (SSSR count). The van der Waals surface area contributed by atoms with E-state index in [0.717, 1.165) is 17.8 Å². The van der Waals surface area contributed by atoms with E-state index in [9.17, 15) is 18.0 Å². The van der Waals surface area contributed by atoms with Crippen molar-refractivity contribution in [3.05, 3.63) is 66.0 Å². The number of carbonyl (C=O) groups is 1. The number of nitrogens with zero attached hydrogens (tertiary/aromatic N) is 4. The average Bonchev–Trinajstić information content (AvgIpc) is 3.14. The van der Waals surface area contributed by atoms with Crippen molar-refractivity contribution in [2.24, 2.45) is 0 Å². The molecule has 3 aromatic rings. The number of fused-ring (bicyclic) bond motifs is 1. The third-order valence-corrected chi connectivity index (χ3v) is 4.37. The quantitative estimate of drug-likeness (QED) is 0.598. The summed E-state index contributed by atoms with van der Waals surface area (Å²) in [7, 11) is 1.53. The summed E-state index contributed by atoms with van der Waals surface area (Å²) in [4.78, 5) is 17.7. The van der Waals surface area contributed by atoms with Crippen LogP contribution in [-0.4, -0.2) is 34.0 Å². The van der Waals surface area contributed by atoms with Crippen LogP contribution in [0.3, 0.4) is 0 Å². The second-order valence-electron chi connectivity index (χ2n) is 6.38. The number of para-hydroxylation sites is 1. The molecule has 1 aromatic heterocycles. The summed E-state index contributed by atoms with van der Waals surface area (Å²) in [5.74, 6) is -0.406. The van der Waals surface area contributed by atoms with E-state index in [4.69, 9.17) is 5.26 Å². The number of benzene rings is 2. The zero-order valence-electron chi connectivity index (χ0n) is 15.5. The largest absolute Gasteiger partial charge is 0.416 e. The van der Waals surface area contributed by atoms with E-state index in [1.807, 2.05) is 36.4 Å². The fourth-order valence-electron chi connectivity index (χ4n) is 2.87. The molecule has 1 amide bonds. The Bertz CT molecular complexity index is 1090. The normalized spacial score (nSPS) is 11.7. The van der Waals surface area contributed by atoms with Gasteiger partial charge in [0.25, 0.3) is 0 Å². The summed E-state index contributed by atoms with van der Waals surface area (Å²) in [5, 5.41) is 8.62. The van der Waals surface area contributed by atoms with Crippen LogP contribution in [0.4, 0.5) is 13.2 Å². The lowest BCUT2D eigenvalue weighted by Gasteiger charge is -2.13. The van der Waals surface area contributed by atoms with Crippen molar-refractivity contribution in [3.63, 3.8) is 0 Å². The number of carbonyl (C=O) groups excluding carboxylic acids is 1. The van der Waals surface area contributed by atoms with E-state index in [2.05, 4.69) is 4.98 Å². The van der Waals surface area contributed by atoms with E-state index in [0.29, 0.717) is 5.52 Å². The molecule has 0 fully saturated rings. The zero-order chi connectivity index (χ0) is 21.0. The SMILES string of the molecule is CN(CCC#N)C(=O)/C=C\c1cc(C(F)(F)F)cc2ncn(-c3ccccc3)c12. The topological polar surface area (TPSA) is 61.9 Å². The molecule has 0 radical (unpaired) electrons. The van der Waals surface area contributed by atoms with Gasteiger partial charge in [0.05, 0.1) is 29.1 Å².